The van der Waals surface area contributed by atoms with Crippen molar-refractivity contribution in [2.24, 2.45) is 11.0 Å². The first-order valence-electron chi connectivity index (χ1n) is 10.8. The van der Waals surface area contributed by atoms with E-state index in [1.165, 1.54) is 24.4 Å². The van der Waals surface area contributed by atoms with Gasteiger partial charge in [0.1, 0.15) is 24.2 Å². The summed E-state index contributed by atoms with van der Waals surface area (Å²) in [5, 5.41) is 7.22. The molecule has 0 radical (unpaired) electrons. The Bertz CT molecular complexity index is 1240. The van der Waals surface area contributed by atoms with Gasteiger partial charge in [0, 0.05) is 20.6 Å². The van der Waals surface area contributed by atoms with E-state index < -0.39 is 23.7 Å². The molecular formula is C26H24BrClFN3O3. The third kappa shape index (κ3) is 7.37. The zero-order valence-electron chi connectivity index (χ0n) is 19.1. The van der Waals surface area contributed by atoms with Crippen LogP contribution in [0.15, 0.2) is 76.3 Å². The molecule has 3 aromatic carbocycles. The summed E-state index contributed by atoms with van der Waals surface area (Å²) in [6.07, 6.45) is 1.45. The molecule has 0 heterocycles. The fourth-order valence-electron chi connectivity index (χ4n) is 3.16. The Hall–Kier alpha value is -3.23. The van der Waals surface area contributed by atoms with Crippen molar-refractivity contribution >= 4 is 45.6 Å². The van der Waals surface area contributed by atoms with Crippen LogP contribution in [0.4, 0.5) is 4.39 Å². The van der Waals surface area contributed by atoms with Crippen LogP contribution in [0.2, 0.25) is 5.02 Å². The highest BCUT2D eigenvalue weighted by atomic mass is 79.9. The topological polar surface area (TPSA) is 79.8 Å². The van der Waals surface area contributed by atoms with Crippen molar-refractivity contribution in [3.05, 3.63) is 98.7 Å². The zero-order chi connectivity index (χ0) is 25.4. The fraction of sp³-hybridized carbons (Fsp3) is 0.192. The second-order valence-corrected chi connectivity index (χ2v) is 9.29. The van der Waals surface area contributed by atoms with Crippen LogP contribution < -0.4 is 15.5 Å². The van der Waals surface area contributed by atoms with Gasteiger partial charge in [-0.2, -0.15) is 5.10 Å². The average molecular weight is 561 g/mol. The Morgan fingerprint density at radius 2 is 1.83 bits per heavy atom. The van der Waals surface area contributed by atoms with Crippen molar-refractivity contribution < 1.29 is 18.7 Å². The molecule has 0 aliphatic rings. The van der Waals surface area contributed by atoms with Gasteiger partial charge in [-0.05, 0) is 42.3 Å². The van der Waals surface area contributed by atoms with Crippen LogP contribution in [0.1, 0.15) is 35.3 Å². The molecule has 2 amide bonds. The molecule has 0 aromatic heterocycles. The molecule has 1 atom stereocenters. The van der Waals surface area contributed by atoms with E-state index in [9.17, 15) is 14.0 Å². The maximum absolute atomic E-state index is 13.9. The summed E-state index contributed by atoms with van der Waals surface area (Å²) in [4.78, 5) is 25.2. The smallest absolute Gasteiger partial charge is 0.262 e. The number of nitrogens with one attached hydrogen (secondary N) is 2. The molecule has 35 heavy (non-hydrogen) atoms. The lowest BCUT2D eigenvalue weighted by Crippen LogP contribution is -2.48. The third-order valence-electron chi connectivity index (χ3n) is 5.05. The maximum Gasteiger partial charge on any atom is 0.262 e. The van der Waals surface area contributed by atoms with Gasteiger partial charge in [-0.1, -0.05) is 71.7 Å². The molecule has 2 N–H and O–H groups in total. The highest BCUT2D eigenvalue weighted by Crippen LogP contribution is 2.24. The Morgan fingerprint density at radius 3 is 2.54 bits per heavy atom. The Morgan fingerprint density at radius 1 is 1.11 bits per heavy atom. The number of hydrazone groups is 1. The normalized spacial score (nSPS) is 11.9. The van der Waals surface area contributed by atoms with E-state index in [0.29, 0.717) is 16.3 Å². The molecule has 0 saturated carbocycles. The van der Waals surface area contributed by atoms with Crippen molar-refractivity contribution in [2.45, 2.75) is 26.5 Å². The summed E-state index contributed by atoms with van der Waals surface area (Å²) in [6, 6.07) is 17.4. The average Bonchev–Trinajstić information content (AvgIpc) is 2.82. The Balaban J connectivity index is 1.68. The summed E-state index contributed by atoms with van der Waals surface area (Å²) < 4.78 is 20.7. The molecule has 182 valence electrons. The Labute approximate surface area is 216 Å². The van der Waals surface area contributed by atoms with Crippen LogP contribution in [0.3, 0.4) is 0 Å². The predicted molar refractivity (Wildman–Crippen MR) is 138 cm³/mol. The van der Waals surface area contributed by atoms with E-state index in [-0.39, 0.29) is 18.1 Å². The number of rotatable bonds is 9. The van der Waals surface area contributed by atoms with E-state index in [1.807, 2.05) is 24.3 Å². The molecule has 9 heteroatoms. The fourth-order valence-corrected chi connectivity index (χ4v) is 3.73. The van der Waals surface area contributed by atoms with E-state index in [2.05, 4.69) is 31.8 Å². The molecule has 3 aromatic rings. The van der Waals surface area contributed by atoms with Crippen LogP contribution in [-0.4, -0.2) is 24.1 Å². The molecule has 0 aliphatic heterocycles. The minimum atomic E-state index is -0.919. The highest BCUT2D eigenvalue weighted by Gasteiger charge is 2.25. The van der Waals surface area contributed by atoms with Gasteiger partial charge < -0.3 is 10.1 Å². The van der Waals surface area contributed by atoms with Crippen LogP contribution in [0.25, 0.3) is 0 Å². The van der Waals surface area contributed by atoms with E-state index in [4.69, 9.17) is 16.3 Å². The SMILES string of the molecule is CC(C)C(NC(=O)c1ccccc1F)C(=O)N/N=C/c1cc(Br)ccc1OCc1ccccc1Cl. The van der Waals surface area contributed by atoms with Gasteiger partial charge in [-0.3, -0.25) is 9.59 Å². The molecule has 0 spiro atoms. The van der Waals surface area contributed by atoms with Gasteiger partial charge in [0.05, 0.1) is 11.8 Å². The van der Waals surface area contributed by atoms with Gasteiger partial charge >= 0.3 is 0 Å². The van der Waals surface area contributed by atoms with Crippen LogP contribution >= 0.6 is 27.5 Å². The number of hydrogen-bond donors (Lipinski definition) is 2. The first-order valence-corrected chi connectivity index (χ1v) is 12.0. The molecule has 3 rings (SSSR count). The first kappa shape index (κ1) is 26.4. The molecule has 0 fully saturated rings. The maximum atomic E-state index is 13.9. The predicted octanol–water partition coefficient (Wildman–Crippen LogP) is 5.73. The van der Waals surface area contributed by atoms with Crippen molar-refractivity contribution in [1.82, 2.24) is 10.7 Å². The summed E-state index contributed by atoms with van der Waals surface area (Å²) in [7, 11) is 0. The zero-order valence-corrected chi connectivity index (χ0v) is 21.4. The standard InChI is InChI=1S/C26H24BrClFN3O3/c1-16(2)24(31-25(33)20-8-4-6-10-22(20)29)26(34)32-30-14-18-13-19(27)11-12-23(18)35-15-17-7-3-5-9-21(17)28/h3-14,16,24H,15H2,1-2H3,(H,31,33)(H,32,34)/b30-14+. The highest BCUT2D eigenvalue weighted by molar-refractivity contribution is 9.10. The summed E-state index contributed by atoms with van der Waals surface area (Å²) in [5.74, 6) is -1.59. The first-order chi connectivity index (χ1) is 16.8. The van der Waals surface area contributed by atoms with Gasteiger partial charge in [-0.15, -0.1) is 0 Å². The minimum absolute atomic E-state index is 0.135. The summed E-state index contributed by atoms with van der Waals surface area (Å²) >= 11 is 9.62. The number of amides is 2. The lowest BCUT2D eigenvalue weighted by atomic mass is 10.0. The molecule has 0 bridgehead atoms. The number of carbonyl (C=O) groups excluding carboxylic acids is 2. The van der Waals surface area contributed by atoms with E-state index in [1.54, 1.807) is 38.1 Å². The van der Waals surface area contributed by atoms with Gasteiger partial charge in [0.25, 0.3) is 11.8 Å². The van der Waals surface area contributed by atoms with Gasteiger partial charge in [0.2, 0.25) is 0 Å². The summed E-state index contributed by atoms with van der Waals surface area (Å²) in [6.45, 7) is 3.79. The van der Waals surface area contributed by atoms with Crippen LogP contribution in [0.5, 0.6) is 5.75 Å². The molecule has 6 nitrogen and oxygen atoms in total. The number of ether oxygens (including phenoxy) is 1. The van der Waals surface area contributed by atoms with Crippen LogP contribution in [0, 0.1) is 11.7 Å². The van der Waals surface area contributed by atoms with Crippen LogP contribution in [-0.2, 0) is 11.4 Å². The lowest BCUT2D eigenvalue weighted by molar-refractivity contribution is -0.123. The monoisotopic (exact) mass is 559 g/mol. The molecule has 1 unspecified atom stereocenters. The number of benzene rings is 3. The van der Waals surface area contributed by atoms with Crippen molar-refractivity contribution in [3.63, 3.8) is 0 Å². The number of nitrogens with zero attached hydrogens (tertiary/aromatic N) is 1. The lowest BCUT2D eigenvalue weighted by Gasteiger charge is -2.20. The second kappa shape index (κ2) is 12.5. The van der Waals surface area contributed by atoms with Gasteiger partial charge in [-0.25, -0.2) is 9.82 Å². The van der Waals surface area contributed by atoms with Crippen molar-refractivity contribution in [2.75, 3.05) is 0 Å². The van der Waals surface area contributed by atoms with Crippen molar-refractivity contribution in [1.29, 1.82) is 0 Å². The van der Waals surface area contributed by atoms with Gasteiger partial charge in [0.15, 0.2) is 0 Å². The second-order valence-electron chi connectivity index (χ2n) is 7.97. The summed E-state index contributed by atoms with van der Waals surface area (Å²) in [5.41, 5.74) is 3.75. The Kier molecular flexibility index (Phi) is 9.39. The minimum Gasteiger partial charge on any atom is -0.488 e. The molecule has 0 saturated heterocycles. The molecule has 0 aliphatic carbocycles. The van der Waals surface area contributed by atoms with E-state index >= 15 is 0 Å². The molecular weight excluding hydrogens is 537 g/mol. The number of carbonyl (C=O) groups is 2. The largest absolute Gasteiger partial charge is 0.488 e. The quantitative estimate of drug-likeness (QED) is 0.259. The number of hydrogen-bond acceptors (Lipinski definition) is 4. The van der Waals surface area contributed by atoms with Crippen molar-refractivity contribution in [3.8, 4) is 5.75 Å². The number of halogens is 3. The third-order valence-corrected chi connectivity index (χ3v) is 5.91. The van der Waals surface area contributed by atoms with E-state index in [0.717, 1.165) is 10.0 Å².